The Labute approximate surface area is 409 Å². The summed E-state index contributed by atoms with van der Waals surface area (Å²) in [5.41, 5.74) is 3.59. The van der Waals surface area contributed by atoms with E-state index in [2.05, 4.69) is 73.1 Å². The van der Waals surface area contributed by atoms with Crippen LogP contribution in [0.1, 0.15) is 119 Å². The van der Waals surface area contributed by atoms with Crippen LogP contribution in [0.25, 0.3) is 11.0 Å². The molecule has 4 fully saturated rings. The molecule has 15 nitrogen and oxygen atoms in total. The summed E-state index contributed by atoms with van der Waals surface area (Å²) in [6.07, 6.45) is 9.43. The van der Waals surface area contributed by atoms with Crippen LogP contribution in [0.4, 0.5) is 21.5 Å². The highest BCUT2D eigenvalue weighted by Crippen LogP contribution is 2.49. The Bertz CT molecular complexity index is 2810. The van der Waals surface area contributed by atoms with Crippen molar-refractivity contribution in [3.05, 3.63) is 100 Å². The third kappa shape index (κ3) is 10.5. The molecule has 2 saturated heterocycles. The molecule has 0 bridgehead atoms. The summed E-state index contributed by atoms with van der Waals surface area (Å²) in [6.45, 7) is 12.5. The van der Waals surface area contributed by atoms with E-state index in [0.717, 1.165) is 63.6 Å². The topological polar surface area (TPSA) is 188 Å². The Morgan fingerprint density at radius 3 is 2.47 bits per heavy atom. The zero-order valence-electron chi connectivity index (χ0n) is 40.8. The minimum Gasteiger partial charge on any atom is -0.472 e. The van der Waals surface area contributed by atoms with Crippen molar-refractivity contribution in [2.24, 2.45) is 16.5 Å². The molecule has 2 aromatic heterocycles. The molecular weight excluding hydrogens is 914 g/mol. The Hall–Kier alpha value is -5.62. The molecule has 1 spiro atoms. The quantitative estimate of drug-likeness (QED) is 0.0647. The van der Waals surface area contributed by atoms with E-state index in [9.17, 15) is 23.2 Å². The van der Waals surface area contributed by atoms with Crippen molar-refractivity contribution >= 4 is 44.0 Å². The number of piperidine rings is 1. The minimum atomic E-state index is -4.56. The summed E-state index contributed by atoms with van der Waals surface area (Å²) in [6, 6.07) is 19.8. The molecule has 4 aliphatic rings. The number of amides is 1. The largest absolute Gasteiger partial charge is 0.472 e. The average molecular weight is 980 g/mol. The number of aromatic amines is 1. The number of nitrogens with one attached hydrogen (secondary N) is 3. The maximum absolute atomic E-state index is 15.0. The highest BCUT2D eigenvalue weighted by atomic mass is 32.2. The predicted molar refractivity (Wildman–Crippen MR) is 269 cm³/mol. The maximum atomic E-state index is 15.0. The number of anilines is 2. The smallest absolute Gasteiger partial charge is 0.268 e. The number of halogens is 1. The summed E-state index contributed by atoms with van der Waals surface area (Å²) in [7, 11) is -3.01. The van der Waals surface area contributed by atoms with Gasteiger partial charge in [0, 0.05) is 69.9 Å². The van der Waals surface area contributed by atoms with Crippen LogP contribution < -0.4 is 24.4 Å². The molecule has 2 aliphatic carbocycles. The summed E-state index contributed by atoms with van der Waals surface area (Å²) < 4.78 is 62.9. The fourth-order valence-corrected chi connectivity index (χ4v) is 12.1. The lowest BCUT2D eigenvalue weighted by Gasteiger charge is -2.57. The molecule has 4 N–H and O–H groups in total. The van der Waals surface area contributed by atoms with Crippen LogP contribution in [-0.4, -0.2) is 98.5 Å². The van der Waals surface area contributed by atoms with E-state index in [0.29, 0.717) is 43.0 Å². The van der Waals surface area contributed by atoms with Crippen LogP contribution in [0.2, 0.25) is 0 Å². The molecule has 4 heterocycles. The van der Waals surface area contributed by atoms with E-state index in [1.54, 1.807) is 19.2 Å². The van der Waals surface area contributed by atoms with Gasteiger partial charge in [0.1, 0.15) is 29.5 Å². The lowest BCUT2D eigenvalue weighted by Crippen LogP contribution is -2.63. The molecule has 9 rings (SSSR count). The first-order valence-corrected chi connectivity index (χ1v) is 26.3. The molecule has 0 radical (unpaired) electrons. The molecular formula is C53H66FN7O8S. The van der Waals surface area contributed by atoms with Gasteiger partial charge in [-0.25, -0.2) is 17.5 Å². The van der Waals surface area contributed by atoms with E-state index in [1.807, 2.05) is 13.8 Å². The number of sulfonamides is 1. The van der Waals surface area contributed by atoms with Gasteiger partial charge in [-0.1, -0.05) is 44.5 Å². The number of nitroso groups, excluding NO2 is 1. The van der Waals surface area contributed by atoms with Crippen LogP contribution in [0, 0.1) is 22.1 Å². The first-order chi connectivity index (χ1) is 33.5. The molecule has 2 saturated carbocycles. The van der Waals surface area contributed by atoms with Crippen molar-refractivity contribution in [1.82, 2.24) is 19.6 Å². The number of aliphatic hydroxyl groups is 1. The third-order valence-corrected chi connectivity index (χ3v) is 16.8. The number of carbonyl (C=O) groups excluding carboxylic acids is 1. The summed E-state index contributed by atoms with van der Waals surface area (Å²) in [5.74, 6) is -0.280. The molecule has 374 valence electrons. The van der Waals surface area contributed by atoms with Gasteiger partial charge in [0.25, 0.3) is 21.8 Å². The molecule has 3 atom stereocenters. The zero-order valence-corrected chi connectivity index (χ0v) is 41.6. The molecule has 1 unspecified atom stereocenters. The number of pyridine rings is 1. The van der Waals surface area contributed by atoms with Gasteiger partial charge in [-0.05, 0) is 135 Å². The monoisotopic (exact) mass is 979 g/mol. The second-order valence-electron chi connectivity index (χ2n) is 20.8. The van der Waals surface area contributed by atoms with Crippen molar-refractivity contribution in [1.29, 1.82) is 0 Å². The van der Waals surface area contributed by atoms with Gasteiger partial charge >= 0.3 is 0 Å². The molecule has 3 aromatic carbocycles. The number of fused-ring (bicyclic) bond motifs is 1. The molecule has 2 aliphatic heterocycles. The maximum Gasteiger partial charge on any atom is 0.268 e. The van der Waals surface area contributed by atoms with Crippen LogP contribution in [-0.2, 0) is 14.8 Å². The molecule has 1 amide bonds. The number of nitrogens with zero attached hydrogens (tertiary/aromatic N) is 4. The molecule has 17 heteroatoms. The van der Waals surface area contributed by atoms with Gasteiger partial charge in [-0.3, -0.25) is 9.69 Å². The Morgan fingerprint density at radius 2 is 1.74 bits per heavy atom. The normalized spacial score (nSPS) is 23.0. The Balaban J connectivity index is 0.943. The summed E-state index contributed by atoms with van der Waals surface area (Å²) in [4.78, 5) is 38.2. The number of aromatic nitrogens is 2. The molecule has 70 heavy (non-hydrogen) atoms. The van der Waals surface area contributed by atoms with Gasteiger partial charge < -0.3 is 34.5 Å². The predicted octanol–water partition coefficient (Wildman–Crippen LogP) is 10.1. The summed E-state index contributed by atoms with van der Waals surface area (Å²) in [5, 5.41) is 16.8. The zero-order chi connectivity index (χ0) is 49.4. The number of benzene rings is 3. The van der Waals surface area contributed by atoms with Gasteiger partial charge in [0.05, 0.1) is 33.2 Å². The average Bonchev–Trinajstić information content (AvgIpc) is 3.97. The van der Waals surface area contributed by atoms with Crippen LogP contribution in [0.15, 0.2) is 83.0 Å². The Morgan fingerprint density at radius 1 is 0.986 bits per heavy atom. The van der Waals surface area contributed by atoms with Crippen molar-refractivity contribution in [3.8, 4) is 17.4 Å². The minimum absolute atomic E-state index is 0.000134. The lowest BCUT2D eigenvalue weighted by molar-refractivity contribution is -0.0493. The number of ether oxygens (including phenoxy) is 3. The highest BCUT2D eigenvalue weighted by molar-refractivity contribution is 7.90. The summed E-state index contributed by atoms with van der Waals surface area (Å²) >= 11 is 0. The standard InChI is InChI=1S/C53H66FN7O8S/c1-33(2)38-9-6-7-10-39(38)40-11-8-12-46(40)61-31-53(32-61)21-23-60(24-22-53)36-13-15-41(47(25-36)69-48-27-42-43(54)29-56-49(42)57-51(48)68-30-34(3)67-5)50(62)59-70(65,66)37-14-16-44(45(26-37)58-64)55-28-35-17-19-52(4,63)20-18-35/h6-7,9-10,13-16,25-27,29,33-35,40,46,55,63H,8,11-12,17-24,28,30-32H2,1-5H3,(H,56,57)(H,59,62)/t34?,35-,40-,46-,52-/m1/s1. The van der Waals surface area contributed by atoms with E-state index in [1.165, 1.54) is 60.9 Å². The lowest BCUT2D eigenvalue weighted by atomic mass is 9.70. The number of likely N-dealkylation sites (tertiary alicyclic amines) is 1. The second kappa shape index (κ2) is 20.2. The van der Waals surface area contributed by atoms with Gasteiger partial charge in [0.2, 0.25) is 0 Å². The van der Waals surface area contributed by atoms with Crippen molar-refractivity contribution < 1.29 is 36.9 Å². The SMILES string of the molecule is COC(C)COc1nc2[nH]cc(F)c2cc1Oc1cc(N2CCC3(CC2)CN([C@@H]2CCC[C@@H]2c2ccccc2C(C)C)C3)ccc1C(=O)NS(=O)(=O)c1ccc(NC[C@H]2CC[C@](C)(O)CC2)c(N=O)c1. The van der Waals surface area contributed by atoms with E-state index < -0.39 is 27.3 Å². The number of methoxy groups -OCH3 is 1. The van der Waals surface area contributed by atoms with Crippen molar-refractivity contribution in [3.63, 3.8) is 0 Å². The van der Waals surface area contributed by atoms with E-state index in [-0.39, 0.29) is 68.6 Å². The number of rotatable bonds is 17. The number of carbonyl (C=O) groups is 1. The van der Waals surface area contributed by atoms with Crippen molar-refractivity contribution in [2.75, 3.05) is 56.7 Å². The first-order valence-electron chi connectivity index (χ1n) is 24.8. The van der Waals surface area contributed by atoms with Gasteiger partial charge in [-0.15, -0.1) is 4.91 Å². The van der Waals surface area contributed by atoms with Crippen molar-refractivity contribution in [2.45, 2.75) is 120 Å². The molecule has 5 aromatic rings. The Kier molecular flexibility index (Phi) is 14.3. The van der Waals surface area contributed by atoms with E-state index in [4.69, 9.17) is 14.2 Å². The van der Waals surface area contributed by atoms with E-state index >= 15 is 4.39 Å². The van der Waals surface area contributed by atoms with Crippen LogP contribution in [0.5, 0.6) is 17.4 Å². The second-order valence-corrected chi connectivity index (χ2v) is 22.5. The third-order valence-electron chi connectivity index (χ3n) is 15.4. The number of hydrogen-bond donors (Lipinski definition) is 4. The van der Waals surface area contributed by atoms with Crippen LogP contribution >= 0.6 is 0 Å². The van der Waals surface area contributed by atoms with Gasteiger partial charge in [0.15, 0.2) is 5.75 Å². The van der Waals surface area contributed by atoms with Gasteiger partial charge in [-0.2, -0.15) is 4.98 Å². The van der Waals surface area contributed by atoms with Crippen LogP contribution in [0.3, 0.4) is 0 Å². The number of H-pyrrole nitrogens is 1. The first kappa shape index (κ1) is 49.4. The highest BCUT2D eigenvalue weighted by Gasteiger charge is 2.49. The fourth-order valence-electron chi connectivity index (χ4n) is 11.1. The fraction of sp³-hybridized carbons (Fsp3) is 0.509. The number of hydrogen-bond acceptors (Lipinski definition) is 13.